The normalized spacial score (nSPS) is 11.2. The maximum absolute atomic E-state index is 10.7. The van der Waals surface area contributed by atoms with Crippen LogP contribution in [0.3, 0.4) is 0 Å². The van der Waals surface area contributed by atoms with Crippen LogP contribution in [0.2, 0.25) is 0 Å². The fourth-order valence-electron chi connectivity index (χ4n) is 1.54. The second-order valence-electron chi connectivity index (χ2n) is 6.58. The van der Waals surface area contributed by atoms with Crippen molar-refractivity contribution >= 4 is 41.9 Å². The zero-order valence-electron chi connectivity index (χ0n) is 20.0. The summed E-state index contributed by atoms with van der Waals surface area (Å²) in [4.78, 5) is 60.3. The van der Waals surface area contributed by atoms with E-state index in [4.69, 9.17) is 10.2 Å². The molecule has 1 aromatic carbocycles. The third-order valence-electron chi connectivity index (χ3n) is 3.08. The minimum atomic E-state index is -1.17. The van der Waals surface area contributed by atoms with Crippen molar-refractivity contribution < 1.29 is 53.2 Å². The Morgan fingerprint density at radius 3 is 1.67 bits per heavy atom. The molecule has 0 bridgehead atoms. The van der Waals surface area contributed by atoms with Crippen LogP contribution >= 0.6 is 0 Å². The highest BCUT2D eigenvalue weighted by Crippen LogP contribution is 1.97. The average Bonchev–Trinajstić information content (AvgIpc) is 3.23. The molecule has 194 valence electrons. The number of aliphatic carboxylic acids is 2. The number of esters is 4. The predicted octanol–water partition coefficient (Wildman–Crippen LogP) is 2.58. The van der Waals surface area contributed by atoms with Crippen LogP contribution in [0, 0.1) is 5.92 Å². The molecule has 0 radical (unpaired) electrons. The Morgan fingerprint density at radius 2 is 1.36 bits per heavy atom. The highest BCUT2D eigenvalue weighted by Gasteiger charge is 2.10. The van der Waals surface area contributed by atoms with Gasteiger partial charge in [-0.1, -0.05) is 56.8 Å². The molecule has 0 atom stereocenters. The van der Waals surface area contributed by atoms with Crippen molar-refractivity contribution in [2.24, 2.45) is 5.92 Å². The van der Waals surface area contributed by atoms with Gasteiger partial charge in [-0.05, 0) is 11.5 Å². The number of carboxylic acids is 2. The van der Waals surface area contributed by atoms with E-state index in [1.165, 1.54) is 12.7 Å². The van der Waals surface area contributed by atoms with Crippen LogP contribution in [0.1, 0.15) is 19.4 Å². The molecule has 1 aromatic rings. The molecule has 0 aromatic heterocycles. The molecule has 0 amide bonds. The molecule has 1 aliphatic heterocycles. The molecule has 0 aliphatic carbocycles. The van der Waals surface area contributed by atoms with E-state index < -0.39 is 35.8 Å². The third-order valence-corrected chi connectivity index (χ3v) is 3.08. The molecule has 36 heavy (non-hydrogen) atoms. The summed E-state index contributed by atoms with van der Waals surface area (Å²) < 4.78 is 12.7. The molecular weight excluding hydrogens is 476 g/mol. The molecule has 1 heterocycles. The summed E-state index contributed by atoms with van der Waals surface area (Å²) in [5.74, 6) is -4.51. The SMILES string of the molecule is C=Cc1ccccc1.CC(C)COC(=O)/C=C\C(=O)O.COC(=O)/C=C\C(=O)O.O=C1C=CC(=O)O1. The van der Waals surface area contributed by atoms with Gasteiger partial charge in [-0.2, -0.15) is 0 Å². The first kappa shape index (κ1) is 33.4. The smallest absolute Gasteiger partial charge is 0.338 e. The van der Waals surface area contributed by atoms with Crippen molar-refractivity contribution in [2.45, 2.75) is 13.8 Å². The van der Waals surface area contributed by atoms with Crippen LogP contribution in [0.15, 0.2) is 73.4 Å². The first-order valence-electron chi connectivity index (χ1n) is 10.1. The quantitative estimate of drug-likeness (QED) is 0.242. The molecule has 11 heteroatoms. The highest BCUT2D eigenvalue weighted by atomic mass is 16.6. The molecular formula is C25H28O11. The Balaban J connectivity index is 0. The number of hydrogen-bond acceptors (Lipinski definition) is 9. The molecule has 0 saturated carbocycles. The van der Waals surface area contributed by atoms with Crippen molar-refractivity contribution in [3.05, 3.63) is 78.9 Å². The first-order chi connectivity index (χ1) is 16.9. The van der Waals surface area contributed by atoms with Gasteiger partial charge in [0.25, 0.3) is 0 Å². The average molecular weight is 504 g/mol. The Labute approximate surface area is 208 Å². The fourth-order valence-corrected chi connectivity index (χ4v) is 1.54. The van der Waals surface area contributed by atoms with Crippen LogP contribution in [-0.4, -0.2) is 59.7 Å². The summed E-state index contributed by atoms with van der Waals surface area (Å²) in [6.45, 7) is 7.73. The monoisotopic (exact) mass is 504 g/mol. The fraction of sp³-hybridized carbons (Fsp3) is 0.200. The molecule has 11 nitrogen and oxygen atoms in total. The zero-order valence-corrected chi connectivity index (χ0v) is 20.0. The van der Waals surface area contributed by atoms with E-state index in [1.54, 1.807) is 0 Å². The molecule has 0 unspecified atom stereocenters. The second-order valence-corrected chi connectivity index (χ2v) is 6.58. The van der Waals surface area contributed by atoms with Crippen LogP contribution in [0.25, 0.3) is 6.08 Å². The Hall–Kier alpha value is -4.80. The number of carboxylic acid groups (broad SMARTS) is 2. The van der Waals surface area contributed by atoms with Crippen molar-refractivity contribution in [3.63, 3.8) is 0 Å². The first-order valence-corrected chi connectivity index (χ1v) is 10.1. The van der Waals surface area contributed by atoms with E-state index in [9.17, 15) is 28.8 Å². The van der Waals surface area contributed by atoms with E-state index >= 15 is 0 Å². The van der Waals surface area contributed by atoms with Gasteiger partial charge in [0, 0.05) is 36.5 Å². The van der Waals surface area contributed by atoms with Crippen LogP contribution < -0.4 is 0 Å². The van der Waals surface area contributed by atoms with Gasteiger partial charge in [-0.25, -0.2) is 28.8 Å². The van der Waals surface area contributed by atoms with E-state index in [2.05, 4.69) is 20.8 Å². The van der Waals surface area contributed by atoms with E-state index in [0.717, 1.165) is 30.4 Å². The molecule has 2 rings (SSSR count). The molecule has 0 saturated heterocycles. The van der Waals surface area contributed by atoms with Crippen molar-refractivity contribution in [3.8, 4) is 0 Å². The molecule has 2 N–H and O–H groups in total. The van der Waals surface area contributed by atoms with Gasteiger partial charge in [0.05, 0.1) is 13.7 Å². The lowest BCUT2D eigenvalue weighted by molar-refractivity contribution is -0.150. The summed E-state index contributed by atoms with van der Waals surface area (Å²) >= 11 is 0. The Morgan fingerprint density at radius 1 is 0.889 bits per heavy atom. The highest BCUT2D eigenvalue weighted by molar-refractivity contribution is 6.04. The number of hydrogen-bond donors (Lipinski definition) is 2. The van der Waals surface area contributed by atoms with E-state index in [1.807, 2.05) is 50.3 Å². The van der Waals surface area contributed by atoms with Crippen molar-refractivity contribution in [2.75, 3.05) is 13.7 Å². The Bertz CT molecular complexity index is 955. The molecule has 0 fully saturated rings. The maximum Gasteiger partial charge on any atom is 0.338 e. The maximum atomic E-state index is 10.7. The van der Waals surface area contributed by atoms with E-state index in [0.29, 0.717) is 12.7 Å². The summed E-state index contributed by atoms with van der Waals surface area (Å²) in [6.07, 6.45) is 7.20. The van der Waals surface area contributed by atoms with Gasteiger partial charge in [0.15, 0.2) is 0 Å². The summed E-state index contributed by atoms with van der Waals surface area (Å²) in [6, 6.07) is 10.0. The lowest BCUT2D eigenvalue weighted by Crippen LogP contribution is -2.07. The number of carbonyl (C=O) groups excluding carboxylic acids is 4. The Kier molecular flexibility index (Phi) is 19.3. The standard InChI is InChI=1S/C8H12O4.C8H8.C5H6O4.C4H2O3/c1-6(2)5-12-8(11)4-3-7(9)10;1-2-8-6-4-3-5-7-8;1-9-5(8)3-2-4(6)7;5-3-1-2-4(6)7-3/h3-4,6H,5H2,1-2H3,(H,9,10);2-7H,1H2;2-3H,1H3,(H,6,7);1-2H/b4-3-;;3-2-;. The van der Waals surface area contributed by atoms with Gasteiger partial charge >= 0.3 is 35.8 Å². The lowest BCUT2D eigenvalue weighted by Gasteiger charge is -2.03. The molecule has 0 spiro atoms. The summed E-state index contributed by atoms with van der Waals surface area (Å²) in [5.41, 5.74) is 1.17. The van der Waals surface area contributed by atoms with Crippen LogP contribution in [-0.2, 0) is 43.0 Å². The lowest BCUT2D eigenvalue weighted by atomic mass is 10.2. The summed E-state index contributed by atoms with van der Waals surface area (Å²) in [7, 11) is 1.18. The van der Waals surface area contributed by atoms with Gasteiger partial charge in [-0.15, -0.1) is 0 Å². The van der Waals surface area contributed by atoms with E-state index in [-0.39, 0.29) is 5.92 Å². The van der Waals surface area contributed by atoms with Gasteiger partial charge in [0.1, 0.15) is 0 Å². The second kappa shape index (κ2) is 20.8. The van der Waals surface area contributed by atoms with Gasteiger partial charge in [0.2, 0.25) is 0 Å². The van der Waals surface area contributed by atoms with Gasteiger partial charge < -0.3 is 24.4 Å². The van der Waals surface area contributed by atoms with Crippen LogP contribution in [0.5, 0.6) is 0 Å². The number of methoxy groups -OCH3 is 1. The number of carbonyl (C=O) groups is 6. The third kappa shape index (κ3) is 23.9. The topological polar surface area (TPSA) is 171 Å². The minimum Gasteiger partial charge on any atom is -0.478 e. The predicted molar refractivity (Wildman–Crippen MR) is 128 cm³/mol. The molecule has 1 aliphatic rings. The van der Waals surface area contributed by atoms with Crippen molar-refractivity contribution in [1.82, 2.24) is 0 Å². The number of rotatable bonds is 7. The van der Waals surface area contributed by atoms with Gasteiger partial charge in [-0.3, -0.25) is 0 Å². The van der Waals surface area contributed by atoms with Crippen molar-refractivity contribution in [1.29, 1.82) is 0 Å². The minimum absolute atomic E-state index is 0.257. The largest absolute Gasteiger partial charge is 0.478 e. The number of benzene rings is 1. The van der Waals surface area contributed by atoms with Crippen LogP contribution in [0.4, 0.5) is 0 Å². The summed E-state index contributed by atoms with van der Waals surface area (Å²) in [5, 5.41) is 16.1. The zero-order chi connectivity index (χ0) is 27.9. The number of cyclic esters (lactones) is 2. The number of ether oxygens (including phenoxy) is 3.